The van der Waals surface area contributed by atoms with E-state index in [-0.39, 0.29) is 189 Å². The molecule has 0 heterocycles. The molecule has 0 atom stereocenters. The smallest absolute Gasteiger partial charge is 0.418 e. The van der Waals surface area contributed by atoms with Gasteiger partial charge in [0.2, 0.25) is 0 Å². The summed E-state index contributed by atoms with van der Waals surface area (Å²) >= 11 is 0. The van der Waals surface area contributed by atoms with E-state index >= 15 is 0 Å². The molecular formula is C37H99Au6B2F8P6+6. The molecule has 22 heteroatoms. The summed E-state index contributed by atoms with van der Waals surface area (Å²) < 4.78 is 78.0. The number of hydrogen-bond donors (Lipinski definition) is 0. The Bertz CT molecular complexity index is 440. The predicted octanol–water partition coefficient (Wildman–Crippen LogP) is 16.6. The van der Waals surface area contributed by atoms with Gasteiger partial charge in [-0.1, -0.05) is 0 Å². The van der Waals surface area contributed by atoms with E-state index < -0.39 is 14.5 Å². The van der Waals surface area contributed by atoms with E-state index in [1.807, 2.05) is 0 Å². The first kappa shape index (κ1) is 107. The van der Waals surface area contributed by atoms with Crippen molar-refractivity contribution in [2.75, 3.05) is 111 Å². The molecule has 0 aromatic carbocycles. The second-order valence-corrected chi connectivity index (χ2v) is 33.6. The van der Waals surface area contributed by atoms with Gasteiger partial charge in [0.15, 0.2) is 0 Å². The van der Waals surface area contributed by atoms with E-state index in [2.05, 4.69) is 125 Å². The van der Waals surface area contributed by atoms with Crippen LogP contribution in [-0.2, 0) is 134 Å². The molecule has 0 amide bonds. The summed E-state index contributed by atoms with van der Waals surface area (Å²) in [5.74, 6) is 0. The van der Waals surface area contributed by atoms with Crippen molar-refractivity contribution >= 4 is 62.0 Å². The Morgan fingerprint density at radius 1 is 0.220 bits per heavy atom. The van der Waals surface area contributed by atoms with Crippen LogP contribution in [0, 0.1) is 7.43 Å². The summed E-state index contributed by atoms with van der Waals surface area (Å²) in [6, 6.07) is 0. The van der Waals surface area contributed by atoms with Crippen molar-refractivity contribution in [2.45, 2.75) is 125 Å². The maximum Gasteiger partial charge on any atom is 1.00 e. The van der Waals surface area contributed by atoms with E-state index in [0.29, 0.717) is 0 Å². The first-order valence-corrected chi connectivity index (χ1v) is 33.6. The van der Waals surface area contributed by atoms with Gasteiger partial charge in [0.05, 0.1) is 111 Å². The Labute approximate surface area is 468 Å². The largest absolute Gasteiger partial charge is 1.00 e. The zero-order valence-electron chi connectivity index (χ0n) is 40.7. The average Bonchev–Trinajstić information content (AvgIpc) is 3.09. The topological polar surface area (TPSA) is 0 Å². The summed E-state index contributed by atoms with van der Waals surface area (Å²) in [5.41, 5.74) is 0. The van der Waals surface area contributed by atoms with Gasteiger partial charge >= 0.3 is 81.6 Å². The number of hydrogen-bond acceptors (Lipinski definition) is 0. The molecule has 0 bridgehead atoms. The Kier molecular flexibility index (Phi) is 159. The van der Waals surface area contributed by atoms with Gasteiger partial charge in [-0.2, -0.15) is 0 Å². The van der Waals surface area contributed by atoms with Crippen molar-refractivity contribution in [2.24, 2.45) is 0 Å². The summed E-state index contributed by atoms with van der Waals surface area (Å²) in [6.45, 7) is 41.5. The zero-order chi connectivity index (χ0) is 43.2. The van der Waals surface area contributed by atoms with Crippen LogP contribution < -0.4 is 0 Å². The molecule has 0 spiro atoms. The molecule has 0 aliphatic heterocycles. The Morgan fingerprint density at radius 3 is 0.254 bits per heavy atom. The summed E-state index contributed by atoms with van der Waals surface area (Å²) in [4.78, 5) is 0. The molecule has 0 aromatic heterocycles. The average molecular weight is 2090 g/mol. The van der Waals surface area contributed by atoms with Gasteiger partial charge in [-0.05, 0) is 172 Å². The third-order valence-corrected chi connectivity index (χ3v) is 27.0. The van der Waals surface area contributed by atoms with E-state index in [9.17, 15) is 34.5 Å². The fourth-order valence-corrected chi connectivity index (χ4v) is 13.5. The summed E-state index contributed by atoms with van der Waals surface area (Å²) in [6.07, 6.45) is 26.2. The minimum atomic E-state index is -6.00. The first-order valence-electron chi connectivity index (χ1n) is 20.8. The van der Waals surface area contributed by atoms with Gasteiger partial charge in [0.1, 0.15) is 0 Å². The van der Waals surface area contributed by atoms with Crippen LogP contribution in [0.5, 0.6) is 0 Å². The summed E-state index contributed by atoms with van der Waals surface area (Å²) in [5, 5.41) is 0. The molecule has 0 N–H and O–H groups in total. The molecular weight excluding hydrogens is 1990 g/mol. The third kappa shape index (κ3) is 139. The van der Waals surface area contributed by atoms with Gasteiger partial charge in [-0.3, -0.25) is 0 Å². The van der Waals surface area contributed by atoms with E-state index in [0.717, 1.165) is 0 Å². The fourth-order valence-electron chi connectivity index (χ4n) is 4.50. The van der Waals surface area contributed by atoms with Gasteiger partial charge in [-0.25, -0.2) is 0 Å². The summed E-state index contributed by atoms with van der Waals surface area (Å²) in [7, 11) is -11.2. The minimum Gasteiger partial charge on any atom is -0.418 e. The van der Waals surface area contributed by atoms with E-state index in [1.54, 1.807) is 0 Å². The SMILES string of the molecule is CC[PH+](CC)CC.CC[PH+](CC)CC.CC[PH+](CC)CC.CC[PH+](CC)CC.CC[PH+](CC)CC.CC[PH+](CC)CC.F[B-](F)(F)F.F[B-](F)(F)F.[Au+].[Au+].[Au+].[Au].[Au].[Au].[CH3-]. The van der Waals surface area contributed by atoms with E-state index in [1.165, 1.54) is 111 Å². The molecule has 59 heavy (non-hydrogen) atoms. The quantitative estimate of drug-likeness (QED) is 0.0555. The van der Waals surface area contributed by atoms with Crippen LogP contribution in [0.15, 0.2) is 0 Å². The van der Waals surface area contributed by atoms with Crippen LogP contribution in [-0.4, -0.2) is 125 Å². The van der Waals surface area contributed by atoms with Gasteiger partial charge < -0.3 is 42.0 Å². The number of rotatable bonds is 18. The Balaban J connectivity index is -0.0000000284. The second-order valence-electron chi connectivity index (χ2n) is 11.9. The fraction of sp³-hybridized carbons (Fsp3) is 0.973. The normalized spacial score (nSPS) is 9.36. The van der Waals surface area contributed by atoms with Crippen molar-refractivity contribution in [3.63, 3.8) is 0 Å². The van der Waals surface area contributed by atoms with Gasteiger partial charge in [-0.15, -0.1) is 0 Å². The molecule has 399 valence electrons. The maximum atomic E-state index is 9.75. The van der Waals surface area contributed by atoms with Crippen molar-refractivity contribution in [1.82, 2.24) is 0 Å². The van der Waals surface area contributed by atoms with Crippen molar-refractivity contribution < 1.29 is 169 Å². The molecule has 0 aliphatic carbocycles. The van der Waals surface area contributed by atoms with Crippen molar-refractivity contribution in [3.05, 3.63) is 7.43 Å². The molecule has 0 saturated heterocycles. The minimum absolute atomic E-state index is 0. The molecule has 0 unspecified atom stereocenters. The molecule has 3 radical (unpaired) electrons. The molecule has 0 aromatic rings. The van der Waals surface area contributed by atoms with Gasteiger partial charge in [0, 0.05) is 67.1 Å². The zero-order valence-corrected chi connectivity index (χ0v) is 59.7. The standard InChI is InChI=1S/6C6H15P.CH3.6Au.2BF4/c6*1-4-7(5-2)6-3;;;;;;;;2*2-1(3,4)5/h6*4-6H2,1-3H3;1H3;;;;;;;;/q;;;;;;-1;;;;3*+1;2*-1/p+6. The van der Waals surface area contributed by atoms with Crippen LogP contribution in [0.3, 0.4) is 0 Å². The molecule has 0 rings (SSSR count). The Morgan fingerprint density at radius 2 is 0.254 bits per heavy atom. The van der Waals surface area contributed by atoms with Crippen molar-refractivity contribution in [1.29, 1.82) is 0 Å². The molecule has 0 aliphatic rings. The van der Waals surface area contributed by atoms with Gasteiger partial charge in [0.25, 0.3) is 0 Å². The van der Waals surface area contributed by atoms with E-state index in [4.69, 9.17) is 0 Å². The first-order chi connectivity index (χ1) is 24.1. The van der Waals surface area contributed by atoms with Crippen LogP contribution in [0.25, 0.3) is 0 Å². The molecule has 0 saturated carbocycles. The third-order valence-electron chi connectivity index (χ3n) is 9.00. The molecule has 0 fully saturated rings. The van der Waals surface area contributed by atoms with Crippen LogP contribution in [0.4, 0.5) is 34.5 Å². The van der Waals surface area contributed by atoms with Crippen LogP contribution >= 0.6 is 47.5 Å². The number of halogens is 8. The van der Waals surface area contributed by atoms with Crippen LogP contribution in [0.1, 0.15) is 125 Å². The molecule has 0 nitrogen and oxygen atoms in total. The predicted molar refractivity (Wildman–Crippen MR) is 266 cm³/mol. The Hall–Kier alpha value is 6.59. The van der Waals surface area contributed by atoms with Crippen molar-refractivity contribution in [3.8, 4) is 0 Å². The maximum absolute atomic E-state index is 9.75. The second kappa shape index (κ2) is 87.6. The monoisotopic (exact) mass is 2090 g/mol. The van der Waals surface area contributed by atoms with Crippen LogP contribution in [0.2, 0.25) is 0 Å².